The first-order valence-corrected chi connectivity index (χ1v) is 9.03. The Morgan fingerprint density at radius 3 is 2.85 bits per heavy atom. The normalized spacial score (nSPS) is 15.2. The van der Waals surface area contributed by atoms with Crippen LogP contribution in [0.4, 0.5) is 5.13 Å². The van der Waals surface area contributed by atoms with E-state index in [4.69, 9.17) is 9.47 Å². The number of carbonyl (C=O) groups excluding carboxylic acids is 1. The Balaban J connectivity index is 1.56. The van der Waals surface area contributed by atoms with Gasteiger partial charge in [-0.1, -0.05) is 41.7 Å². The zero-order chi connectivity index (χ0) is 18.1. The van der Waals surface area contributed by atoms with Crippen LogP contribution in [0.25, 0.3) is 10.6 Å². The van der Waals surface area contributed by atoms with Gasteiger partial charge in [-0.2, -0.15) is 0 Å². The van der Waals surface area contributed by atoms with Crippen molar-refractivity contribution in [2.24, 2.45) is 0 Å². The molecule has 0 fully saturated rings. The number of methoxy groups -OCH3 is 1. The number of hydrogen-bond donors (Lipinski definition) is 1. The number of carbonyl (C=O) groups is 1. The lowest BCUT2D eigenvalue weighted by Gasteiger charge is -2.10. The molecule has 26 heavy (non-hydrogen) atoms. The number of anilines is 1. The highest BCUT2D eigenvalue weighted by Crippen LogP contribution is 2.39. The molecule has 1 amide bonds. The van der Waals surface area contributed by atoms with E-state index in [9.17, 15) is 4.79 Å². The van der Waals surface area contributed by atoms with Gasteiger partial charge >= 0.3 is 0 Å². The number of nitrogens with one attached hydrogen (secondary N) is 1. The maximum atomic E-state index is 12.6. The minimum absolute atomic E-state index is 0.0776. The van der Waals surface area contributed by atoms with Crippen LogP contribution in [-0.4, -0.2) is 29.3 Å². The van der Waals surface area contributed by atoms with Crippen molar-refractivity contribution >= 4 is 22.4 Å². The molecule has 0 saturated carbocycles. The number of ether oxygens (including phenoxy) is 2. The average Bonchev–Trinajstić information content (AvgIpc) is 3.27. The molecule has 2 aromatic carbocycles. The van der Waals surface area contributed by atoms with E-state index >= 15 is 0 Å². The van der Waals surface area contributed by atoms with E-state index in [1.807, 2.05) is 43.3 Å². The highest BCUT2D eigenvalue weighted by atomic mass is 32.1. The molecule has 132 valence electrons. The van der Waals surface area contributed by atoms with Crippen molar-refractivity contribution in [3.05, 3.63) is 53.6 Å². The van der Waals surface area contributed by atoms with Gasteiger partial charge in [0.05, 0.1) is 7.11 Å². The summed E-state index contributed by atoms with van der Waals surface area (Å²) in [4.78, 5) is 12.6. The lowest BCUT2D eigenvalue weighted by atomic mass is 10.1. The van der Waals surface area contributed by atoms with E-state index in [1.165, 1.54) is 11.3 Å². The molecule has 1 aliphatic rings. The summed E-state index contributed by atoms with van der Waals surface area (Å²) in [6.45, 7) is 1.99. The van der Waals surface area contributed by atoms with Crippen LogP contribution in [0.2, 0.25) is 0 Å². The van der Waals surface area contributed by atoms with E-state index in [0.717, 1.165) is 28.3 Å². The summed E-state index contributed by atoms with van der Waals surface area (Å²) in [5.74, 6) is 1.04. The zero-order valence-corrected chi connectivity index (χ0v) is 15.2. The predicted molar refractivity (Wildman–Crippen MR) is 100 cm³/mol. The second kappa shape index (κ2) is 6.76. The van der Waals surface area contributed by atoms with Gasteiger partial charge in [-0.25, -0.2) is 0 Å². The van der Waals surface area contributed by atoms with E-state index in [2.05, 4.69) is 15.5 Å². The Hall–Kier alpha value is -2.93. The van der Waals surface area contributed by atoms with Gasteiger partial charge in [-0.3, -0.25) is 10.1 Å². The first-order valence-electron chi connectivity index (χ1n) is 8.22. The van der Waals surface area contributed by atoms with Gasteiger partial charge < -0.3 is 9.47 Å². The lowest BCUT2D eigenvalue weighted by molar-refractivity contribution is 0.102. The Labute approximate surface area is 154 Å². The van der Waals surface area contributed by atoms with Crippen LogP contribution >= 0.6 is 11.3 Å². The number of hydrogen-bond acceptors (Lipinski definition) is 6. The summed E-state index contributed by atoms with van der Waals surface area (Å²) >= 11 is 1.33. The highest BCUT2D eigenvalue weighted by Gasteiger charge is 2.25. The van der Waals surface area contributed by atoms with Gasteiger partial charge in [0.15, 0.2) is 11.5 Å². The average molecular weight is 367 g/mol. The first-order chi connectivity index (χ1) is 12.6. The van der Waals surface area contributed by atoms with Crippen LogP contribution in [0.15, 0.2) is 42.5 Å². The summed E-state index contributed by atoms with van der Waals surface area (Å²) in [5, 5.41) is 12.2. The molecule has 7 heteroatoms. The number of aromatic nitrogens is 2. The summed E-state index contributed by atoms with van der Waals surface area (Å²) in [6, 6.07) is 13.3. The standard InChI is InChI=1S/C19H17N3O3S/c1-11-8-13-9-14(10-15(24-2)16(13)25-11)17(23)20-19-22-21-18(26-19)12-6-4-3-5-7-12/h3-7,9-11H,8H2,1-2H3,(H,20,22,23)/t11-/m0/s1. The van der Waals surface area contributed by atoms with Crippen LogP contribution in [0.5, 0.6) is 11.5 Å². The molecule has 0 aliphatic carbocycles. The van der Waals surface area contributed by atoms with E-state index in [-0.39, 0.29) is 12.0 Å². The largest absolute Gasteiger partial charge is 0.493 e. The third kappa shape index (κ3) is 3.13. The van der Waals surface area contributed by atoms with Gasteiger partial charge in [-0.15, -0.1) is 10.2 Å². The molecule has 0 unspecified atom stereocenters. The molecule has 6 nitrogen and oxygen atoms in total. The summed E-state index contributed by atoms with van der Waals surface area (Å²) < 4.78 is 11.1. The van der Waals surface area contributed by atoms with Gasteiger partial charge in [0.2, 0.25) is 5.13 Å². The maximum Gasteiger partial charge on any atom is 0.257 e. The van der Waals surface area contributed by atoms with Crippen LogP contribution in [0, 0.1) is 0 Å². The number of benzene rings is 2. The fraction of sp³-hybridized carbons (Fsp3) is 0.211. The van der Waals surface area contributed by atoms with Crippen LogP contribution in [0.1, 0.15) is 22.8 Å². The molecular weight excluding hydrogens is 350 g/mol. The Bertz CT molecular complexity index is 956. The molecule has 1 N–H and O–H groups in total. The van der Waals surface area contributed by atoms with Crippen molar-refractivity contribution in [3.8, 4) is 22.1 Å². The van der Waals surface area contributed by atoms with Crippen molar-refractivity contribution in [1.82, 2.24) is 10.2 Å². The third-order valence-corrected chi connectivity index (χ3v) is 4.99. The number of amides is 1. The zero-order valence-electron chi connectivity index (χ0n) is 14.4. The van der Waals surface area contributed by atoms with Crippen molar-refractivity contribution < 1.29 is 14.3 Å². The minimum atomic E-state index is -0.249. The monoisotopic (exact) mass is 367 g/mol. The SMILES string of the molecule is COc1cc(C(=O)Nc2nnc(-c3ccccc3)s2)cc2c1O[C@@H](C)C2. The molecule has 0 radical (unpaired) electrons. The molecule has 0 bridgehead atoms. The van der Waals surface area contributed by atoms with Gasteiger partial charge in [0.25, 0.3) is 5.91 Å². The summed E-state index contributed by atoms with van der Waals surface area (Å²) in [5.41, 5.74) is 2.45. The van der Waals surface area contributed by atoms with Gasteiger partial charge in [0.1, 0.15) is 11.1 Å². The van der Waals surface area contributed by atoms with Crippen LogP contribution in [0.3, 0.4) is 0 Å². The molecule has 2 heterocycles. The van der Waals surface area contributed by atoms with Crippen LogP contribution in [-0.2, 0) is 6.42 Å². The van der Waals surface area contributed by atoms with E-state index < -0.39 is 0 Å². The van der Waals surface area contributed by atoms with Gasteiger partial charge in [0, 0.05) is 23.1 Å². The molecule has 1 aliphatic heterocycles. The molecule has 1 atom stereocenters. The molecule has 0 saturated heterocycles. The van der Waals surface area contributed by atoms with Crippen LogP contribution < -0.4 is 14.8 Å². The fourth-order valence-electron chi connectivity index (χ4n) is 2.92. The molecular formula is C19H17N3O3S. The van der Waals surface area contributed by atoms with Crippen molar-refractivity contribution in [2.75, 3.05) is 12.4 Å². The predicted octanol–water partition coefficient (Wildman–Crippen LogP) is 3.79. The Kier molecular flexibility index (Phi) is 4.30. The molecule has 1 aromatic heterocycles. The lowest BCUT2D eigenvalue weighted by Crippen LogP contribution is -2.12. The Morgan fingerprint density at radius 2 is 2.08 bits per heavy atom. The Morgan fingerprint density at radius 1 is 1.27 bits per heavy atom. The number of rotatable bonds is 4. The topological polar surface area (TPSA) is 73.3 Å². The minimum Gasteiger partial charge on any atom is -0.493 e. The van der Waals surface area contributed by atoms with E-state index in [1.54, 1.807) is 13.2 Å². The second-order valence-corrected chi connectivity index (χ2v) is 7.01. The highest BCUT2D eigenvalue weighted by molar-refractivity contribution is 7.18. The smallest absolute Gasteiger partial charge is 0.257 e. The fourth-order valence-corrected chi connectivity index (χ4v) is 3.67. The molecule has 3 aromatic rings. The molecule has 0 spiro atoms. The number of nitrogens with zero attached hydrogens (tertiary/aromatic N) is 2. The van der Waals surface area contributed by atoms with Gasteiger partial charge in [-0.05, 0) is 19.1 Å². The van der Waals surface area contributed by atoms with Crippen molar-refractivity contribution in [2.45, 2.75) is 19.4 Å². The quantitative estimate of drug-likeness (QED) is 0.759. The second-order valence-electron chi connectivity index (χ2n) is 6.03. The summed E-state index contributed by atoms with van der Waals surface area (Å²) in [7, 11) is 1.57. The van der Waals surface area contributed by atoms with E-state index in [0.29, 0.717) is 16.4 Å². The number of fused-ring (bicyclic) bond motifs is 1. The first kappa shape index (κ1) is 16.5. The van der Waals surface area contributed by atoms with Crippen molar-refractivity contribution in [1.29, 1.82) is 0 Å². The maximum absolute atomic E-state index is 12.6. The third-order valence-electron chi connectivity index (χ3n) is 4.11. The van der Waals surface area contributed by atoms with Crippen molar-refractivity contribution in [3.63, 3.8) is 0 Å². The summed E-state index contributed by atoms with van der Waals surface area (Å²) in [6.07, 6.45) is 0.831. The molecule has 4 rings (SSSR count).